The molecule has 4 rings (SSSR count). The Hall–Kier alpha value is -3.81. The van der Waals surface area contributed by atoms with Crippen molar-refractivity contribution in [1.82, 2.24) is 4.90 Å². The van der Waals surface area contributed by atoms with Crippen molar-refractivity contribution < 1.29 is 32.5 Å². The number of rotatable bonds is 7. The molecule has 0 spiro atoms. The van der Waals surface area contributed by atoms with E-state index < -0.39 is 29.1 Å². The van der Waals surface area contributed by atoms with Gasteiger partial charge in [-0.2, -0.15) is 0 Å². The Morgan fingerprint density at radius 2 is 1.53 bits per heavy atom. The van der Waals surface area contributed by atoms with Crippen LogP contribution in [0.2, 0.25) is 0 Å². The van der Waals surface area contributed by atoms with Crippen LogP contribution in [0.15, 0.2) is 54.6 Å². The van der Waals surface area contributed by atoms with Crippen LogP contribution in [0.4, 0.5) is 8.78 Å². The maximum Gasteiger partial charge on any atom is 0.260 e. The van der Waals surface area contributed by atoms with E-state index in [1.807, 2.05) is 6.07 Å². The van der Waals surface area contributed by atoms with Crippen LogP contribution in [0.5, 0.6) is 23.0 Å². The van der Waals surface area contributed by atoms with Gasteiger partial charge in [-0.15, -0.1) is 0 Å². The number of hydrogen-bond donors (Lipinski definition) is 0. The molecular weight excluding hydrogens is 444 g/mol. The summed E-state index contributed by atoms with van der Waals surface area (Å²) in [7, 11) is 4.64. The van der Waals surface area contributed by atoms with Gasteiger partial charge in [0.25, 0.3) is 5.91 Å². The maximum atomic E-state index is 14.5. The highest BCUT2D eigenvalue weighted by Gasteiger charge is 2.35. The number of carbonyl (C=O) groups is 1. The fraction of sp³-hybridized carbons (Fsp3) is 0.269. The van der Waals surface area contributed by atoms with E-state index >= 15 is 0 Å². The Labute approximate surface area is 196 Å². The van der Waals surface area contributed by atoms with Crippen LogP contribution in [-0.4, -0.2) is 45.3 Å². The number of hydrogen-bond acceptors (Lipinski definition) is 5. The highest BCUT2D eigenvalue weighted by molar-refractivity contribution is 5.95. The van der Waals surface area contributed by atoms with Gasteiger partial charge in [-0.25, -0.2) is 8.78 Å². The average Bonchev–Trinajstić information content (AvgIpc) is 2.86. The van der Waals surface area contributed by atoms with Crippen LogP contribution in [0.3, 0.4) is 0 Å². The monoisotopic (exact) mass is 469 g/mol. The van der Waals surface area contributed by atoms with Gasteiger partial charge in [0, 0.05) is 6.54 Å². The smallest absolute Gasteiger partial charge is 0.260 e. The predicted molar refractivity (Wildman–Crippen MR) is 122 cm³/mol. The summed E-state index contributed by atoms with van der Waals surface area (Å²) < 4.78 is 50.9. The fourth-order valence-electron chi connectivity index (χ4n) is 4.14. The molecule has 178 valence electrons. The van der Waals surface area contributed by atoms with E-state index in [0.717, 1.165) is 23.3 Å². The Morgan fingerprint density at radius 1 is 0.912 bits per heavy atom. The lowest BCUT2D eigenvalue weighted by molar-refractivity contribution is 0.0579. The van der Waals surface area contributed by atoms with Crippen molar-refractivity contribution in [3.63, 3.8) is 0 Å². The van der Waals surface area contributed by atoms with Crippen molar-refractivity contribution in [3.8, 4) is 23.0 Å². The van der Waals surface area contributed by atoms with Crippen LogP contribution < -0.4 is 18.9 Å². The molecule has 0 aliphatic carbocycles. The minimum Gasteiger partial charge on any atom is -0.497 e. The van der Waals surface area contributed by atoms with Gasteiger partial charge in [0.1, 0.15) is 35.3 Å². The van der Waals surface area contributed by atoms with E-state index in [-0.39, 0.29) is 13.2 Å². The molecule has 3 aromatic carbocycles. The quantitative estimate of drug-likeness (QED) is 0.497. The fourth-order valence-corrected chi connectivity index (χ4v) is 4.14. The third-order valence-electron chi connectivity index (χ3n) is 5.91. The Morgan fingerprint density at radius 3 is 2.15 bits per heavy atom. The molecule has 0 N–H and O–H groups in total. The van der Waals surface area contributed by atoms with Crippen LogP contribution in [-0.2, 0) is 6.42 Å². The normalized spacial score (nSPS) is 14.9. The predicted octanol–water partition coefficient (Wildman–Crippen LogP) is 4.81. The van der Waals surface area contributed by atoms with E-state index in [1.165, 1.54) is 18.1 Å². The standard InChI is InChI=1S/C26H25F2NO5/c1-31-17-7-9-18(10-8-17)34-15-22-19-14-24(33-3)23(32-2)13-16(19)11-12-29(22)26(30)25-20(27)5-4-6-21(25)28/h4-10,13-14,22H,11-12,15H2,1-3H3/t22-/m0/s1. The number of ether oxygens (including phenoxy) is 4. The molecule has 1 atom stereocenters. The first-order valence-corrected chi connectivity index (χ1v) is 10.7. The minimum absolute atomic E-state index is 0.0661. The number of benzene rings is 3. The third kappa shape index (κ3) is 4.48. The minimum atomic E-state index is -0.905. The van der Waals surface area contributed by atoms with Gasteiger partial charge in [-0.3, -0.25) is 4.79 Å². The highest BCUT2D eigenvalue weighted by Crippen LogP contribution is 2.39. The van der Waals surface area contributed by atoms with Crippen molar-refractivity contribution in [2.45, 2.75) is 12.5 Å². The highest BCUT2D eigenvalue weighted by atomic mass is 19.1. The number of fused-ring (bicyclic) bond motifs is 1. The molecule has 3 aromatic rings. The summed E-state index contributed by atoms with van der Waals surface area (Å²) >= 11 is 0. The van der Waals surface area contributed by atoms with Gasteiger partial charge in [0.15, 0.2) is 11.5 Å². The van der Waals surface area contributed by atoms with Gasteiger partial charge in [-0.05, 0) is 66.1 Å². The second kappa shape index (κ2) is 9.99. The summed E-state index contributed by atoms with van der Waals surface area (Å²) in [5.41, 5.74) is 1.13. The first-order valence-electron chi connectivity index (χ1n) is 10.7. The molecule has 0 unspecified atom stereocenters. The molecule has 1 aliphatic heterocycles. The van der Waals surface area contributed by atoms with E-state index in [4.69, 9.17) is 18.9 Å². The summed E-state index contributed by atoms with van der Waals surface area (Å²) in [6.07, 6.45) is 0.483. The zero-order valence-corrected chi connectivity index (χ0v) is 19.1. The van der Waals surface area contributed by atoms with Crippen molar-refractivity contribution in [2.24, 2.45) is 0 Å². The number of nitrogens with zero attached hydrogens (tertiary/aromatic N) is 1. The summed E-state index contributed by atoms with van der Waals surface area (Å²) in [5.74, 6) is -0.245. The molecule has 0 radical (unpaired) electrons. The molecule has 0 saturated carbocycles. The lowest BCUT2D eigenvalue weighted by Crippen LogP contribution is -2.43. The number of carbonyl (C=O) groups excluding carboxylic acids is 1. The second-order valence-corrected chi connectivity index (χ2v) is 7.75. The van der Waals surface area contributed by atoms with Gasteiger partial charge < -0.3 is 23.8 Å². The second-order valence-electron chi connectivity index (χ2n) is 7.75. The number of halogens is 2. The lowest BCUT2D eigenvalue weighted by Gasteiger charge is -2.37. The molecule has 0 fully saturated rings. The first kappa shape index (κ1) is 23.4. The number of amides is 1. The van der Waals surface area contributed by atoms with Crippen LogP contribution in [0, 0.1) is 11.6 Å². The van der Waals surface area contributed by atoms with Crippen LogP contribution in [0.25, 0.3) is 0 Å². The largest absolute Gasteiger partial charge is 0.497 e. The van der Waals surface area contributed by atoms with Gasteiger partial charge in [0.05, 0.1) is 27.4 Å². The molecule has 0 bridgehead atoms. The average molecular weight is 469 g/mol. The van der Waals surface area contributed by atoms with Gasteiger partial charge in [-0.1, -0.05) is 6.07 Å². The van der Waals surface area contributed by atoms with Crippen LogP contribution >= 0.6 is 0 Å². The van der Waals surface area contributed by atoms with Crippen molar-refractivity contribution in [1.29, 1.82) is 0 Å². The van der Waals surface area contributed by atoms with Gasteiger partial charge >= 0.3 is 0 Å². The first-order chi connectivity index (χ1) is 16.5. The Balaban J connectivity index is 1.72. The lowest BCUT2D eigenvalue weighted by atomic mass is 9.91. The molecule has 1 heterocycles. The Bertz CT molecular complexity index is 1160. The molecule has 34 heavy (non-hydrogen) atoms. The third-order valence-corrected chi connectivity index (χ3v) is 5.91. The maximum absolute atomic E-state index is 14.5. The van der Waals surface area contributed by atoms with Crippen LogP contribution in [0.1, 0.15) is 27.5 Å². The van der Waals surface area contributed by atoms with Crippen molar-refractivity contribution >= 4 is 5.91 Å². The number of methoxy groups -OCH3 is 3. The van der Waals surface area contributed by atoms with E-state index in [1.54, 1.807) is 44.6 Å². The van der Waals surface area contributed by atoms with Crippen molar-refractivity contribution in [2.75, 3.05) is 34.5 Å². The molecule has 8 heteroatoms. The molecule has 6 nitrogen and oxygen atoms in total. The zero-order chi connectivity index (χ0) is 24.2. The SMILES string of the molecule is COc1ccc(OC[C@H]2c3cc(OC)c(OC)cc3CCN2C(=O)c2c(F)cccc2F)cc1. The van der Waals surface area contributed by atoms with Crippen molar-refractivity contribution in [3.05, 3.63) is 82.9 Å². The zero-order valence-electron chi connectivity index (χ0n) is 19.1. The molecule has 0 aromatic heterocycles. The van der Waals surface area contributed by atoms with Gasteiger partial charge in [0.2, 0.25) is 0 Å². The van der Waals surface area contributed by atoms with E-state index in [9.17, 15) is 13.6 Å². The molecular formula is C26H25F2NO5. The summed E-state index contributed by atoms with van der Waals surface area (Å²) in [6.45, 7) is 0.322. The summed E-state index contributed by atoms with van der Waals surface area (Å²) in [5, 5.41) is 0. The summed E-state index contributed by atoms with van der Waals surface area (Å²) in [6, 6.07) is 13.4. The topological polar surface area (TPSA) is 57.2 Å². The molecule has 0 saturated heterocycles. The molecule has 1 amide bonds. The van der Waals surface area contributed by atoms with E-state index in [0.29, 0.717) is 29.4 Å². The molecule has 1 aliphatic rings. The van der Waals surface area contributed by atoms with E-state index in [2.05, 4.69) is 0 Å². The summed E-state index contributed by atoms with van der Waals surface area (Å²) in [4.78, 5) is 14.8. The Kier molecular flexibility index (Phi) is 6.86.